The molecule has 0 saturated carbocycles. The minimum Gasteiger partial charge on any atom is -0.347 e. The van der Waals surface area contributed by atoms with Crippen LogP contribution in [0.5, 0.6) is 0 Å². The van der Waals surface area contributed by atoms with E-state index < -0.39 is 11.8 Å². The first-order valence-corrected chi connectivity index (χ1v) is 10.7. The standard InChI is InChI=1S/C21H22BrClN4O3/c22-16-3-1-2-15(14-16)21(30)27-12-10-26(11-13-27)9-8-24-19(28)20(29)25-18-6-4-17(23)5-7-18/h1-7,14H,8-13H2,(H,24,28)(H,25,29). The second kappa shape index (κ2) is 10.6. The van der Waals surface area contributed by atoms with Gasteiger partial charge >= 0.3 is 11.8 Å². The topological polar surface area (TPSA) is 81.8 Å². The fourth-order valence-electron chi connectivity index (χ4n) is 3.11. The van der Waals surface area contributed by atoms with Crippen LogP contribution in [-0.2, 0) is 9.59 Å². The van der Waals surface area contributed by atoms with E-state index in [0.717, 1.165) is 4.47 Å². The predicted molar refractivity (Wildman–Crippen MR) is 120 cm³/mol. The zero-order valence-electron chi connectivity index (χ0n) is 16.2. The minimum absolute atomic E-state index is 0.0168. The van der Waals surface area contributed by atoms with Gasteiger partial charge in [-0.05, 0) is 42.5 Å². The second-order valence-corrected chi connectivity index (χ2v) is 8.21. The fraction of sp³-hybridized carbons (Fsp3) is 0.286. The third kappa shape index (κ3) is 6.29. The Labute approximate surface area is 188 Å². The largest absolute Gasteiger partial charge is 0.347 e. The van der Waals surface area contributed by atoms with Crippen LogP contribution in [0.3, 0.4) is 0 Å². The van der Waals surface area contributed by atoms with E-state index in [-0.39, 0.29) is 5.91 Å². The van der Waals surface area contributed by atoms with Gasteiger partial charge in [0.25, 0.3) is 5.91 Å². The van der Waals surface area contributed by atoms with Crippen molar-refractivity contribution in [2.24, 2.45) is 0 Å². The van der Waals surface area contributed by atoms with E-state index in [0.29, 0.717) is 55.5 Å². The van der Waals surface area contributed by atoms with Crippen molar-refractivity contribution in [3.05, 3.63) is 63.6 Å². The summed E-state index contributed by atoms with van der Waals surface area (Å²) in [6, 6.07) is 13.9. The third-order valence-corrected chi connectivity index (χ3v) is 5.50. The highest BCUT2D eigenvalue weighted by Crippen LogP contribution is 2.15. The van der Waals surface area contributed by atoms with Crippen LogP contribution in [0.4, 0.5) is 5.69 Å². The van der Waals surface area contributed by atoms with Crippen molar-refractivity contribution in [2.75, 3.05) is 44.6 Å². The Balaban J connectivity index is 1.37. The number of anilines is 1. The molecule has 0 atom stereocenters. The van der Waals surface area contributed by atoms with Gasteiger partial charge in [-0.3, -0.25) is 19.3 Å². The van der Waals surface area contributed by atoms with Gasteiger partial charge in [-0.2, -0.15) is 0 Å². The zero-order chi connectivity index (χ0) is 21.5. The average Bonchev–Trinajstić information content (AvgIpc) is 2.75. The number of halogens is 2. The van der Waals surface area contributed by atoms with Gasteiger partial charge in [-0.15, -0.1) is 0 Å². The number of hydrogen-bond donors (Lipinski definition) is 2. The average molecular weight is 494 g/mol. The number of benzene rings is 2. The van der Waals surface area contributed by atoms with Gasteiger partial charge < -0.3 is 15.5 Å². The van der Waals surface area contributed by atoms with Gasteiger partial charge in [0.2, 0.25) is 0 Å². The molecule has 0 unspecified atom stereocenters. The quantitative estimate of drug-likeness (QED) is 0.628. The number of amides is 3. The number of carbonyl (C=O) groups excluding carboxylic acids is 3. The van der Waals surface area contributed by atoms with Crippen LogP contribution < -0.4 is 10.6 Å². The molecule has 1 heterocycles. The van der Waals surface area contributed by atoms with Crippen molar-refractivity contribution in [1.29, 1.82) is 0 Å². The van der Waals surface area contributed by atoms with Crippen LogP contribution >= 0.6 is 27.5 Å². The molecule has 0 bridgehead atoms. The summed E-state index contributed by atoms with van der Waals surface area (Å²) in [5.41, 5.74) is 1.17. The smallest absolute Gasteiger partial charge is 0.313 e. The van der Waals surface area contributed by atoms with Gasteiger partial charge in [-0.1, -0.05) is 33.6 Å². The fourth-order valence-corrected chi connectivity index (χ4v) is 3.63. The zero-order valence-corrected chi connectivity index (χ0v) is 18.6. The van der Waals surface area contributed by atoms with Crippen LogP contribution in [0.25, 0.3) is 0 Å². The number of piperazine rings is 1. The van der Waals surface area contributed by atoms with Crippen LogP contribution in [0, 0.1) is 0 Å². The van der Waals surface area contributed by atoms with Crippen molar-refractivity contribution in [1.82, 2.24) is 15.1 Å². The van der Waals surface area contributed by atoms with E-state index in [1.807, 2.05) is 29.2 Å². The highest BCUT2D eigenvalue weighted by molar-refractivity contribution is 9.10. The van der Waals surface area contributed by atoms with E-state index >= 15 is 0 Å². The summed E-state index contributed by atoms with van der Waals surface area (Å²) in [4.78, 5) is 40.5. The molecule has 7 nitrogen and oxygen atoms in total. The van der Waals surface area contributed by atoms with Gasteiger partial charge in [-0.25, -0.2) is 0 Å². The molecule has 2 aromatic carbocycles. The van der Waals surface area contributed by atoms with E-state index in [1.165, 1.54) is 0 Å². The first-order chi connectivity index (χ1) is 14.4. The lowest BCUT2D eigenvalue weighted by atomic mass is 10.2. The molecule has 9 heteroatoms. The lowest BCUT2D eigenvalue weighted by molar-refractivity contribution is -0.136. The monoisotopic (exact) mass is 492 g/mol. The van der Waals surface area contributed by atoms with Crippen LogP contribution in [-0.4, -0.2) is 66.8 Å². The molecule has 1 fully saturated rings. The summed E-state index contributed by atoms with van der Waals surface area (Å²) < 4.78 is 0.878. The lowest BCUT2D eigenvalue weighted by Crippen LogP contribution is -2.50. The normalized spacial score (nSPS) is 14.3. The maximum atomic E-state index is 12.6. The Morgan fingerprint density at radius 3 is 2.33 bits per heavy atom. The molecule has 1 saturated heterocycles. The number of nitrogens with one attached hydrogen (secondary N) is 2. The Morgan fingerprint density at radius 2 is 1.67 bits per heavy atom. The number of nitrogens with zero attached hydrogens (tertiary/aromatic N) is 2. The van der Waals surface area contributed by atoms with E-state index in [4.69, 9.17) is 11.6 Å². The third-order valence-electron chi connectivity index (χ3n) is 4.75. The Bertz CT molecular complexity index is 915. The number of hydrogen-bond acceptors (Lipinski definition) is 4. The summed E-state index contributed by atoms with van der Waals surface area (Å²) in [6.45, 7) is 3.64. The second-order valence-electron chi connectivity index (χ2n) is 6.86. The molecule has 3 amide bonds. The molecule has 2 N–H and O–H groups in total. The molecular formula is C21H22BrClN4O3. The molecule has 30 heavy (non-hydrogen) atoms. The van der Waals surface area contributed by atoms with Crippen LogP contribution in [0.1, 0.15) is 10.4 Å². The van der Waals surface area contributed by atoms with Crippen molar-refractivity contribution in [3.8, 4) is 0 Å². The Hall–Kier alpha value is -2.42. The molecule has 0 radical (unpaired) electrons. The molecule has 0 aromatic heterocycles. The highest BCUT2D eigenvalue weighted by atomic mass is 79.9. The number of carbonyl (C=O) groups is 3. The van der Waals surface area contributed by atoms with E-state index in [2.05, 4.69) is 31.5 Å². The first-order valence-electron chi connectivity index (χ1n) is 9.54. The van der Waals surface area contributed by atoms with Crippen molar-refractivity contribution < 1.29 is 14.4 Å². The maximum absolute atomic E-state index is 12.6. The summed E-state index contributed by atoms with van der Waals surface area (Å²) in [7, 11) is 0. The van der Waals surface area contributed by atoms with Crippen molar-refractivity contribution >= 4 is 50.9 Å². The molecule has 3 rings (SSSR count). The Kier molecular flexibility index (Phi) is 7.84. The summed E-state index contributed by atoms with van der Waals surface area (Å²) in [6.07, 6.45) is 0. The molecule has 1 aliphatic heterocycles. The number of rotatable bonds is 5. The van der Waals surface area contributed by atoms with Crippen LogP contribution in [0.15, 0.2) is 53.0 Å². The van der Waals surface area contributed by atoms with Gasteiger partial charge in [0.05, 0.1) is 0 Å². The summed E-state index contributed by atoms with van der Waals surface area (Å²) in [5.74, 6) is -1.39. The lowest BCUT2D eigenvalue weighted by Gasteiger charge is -2.34. The maximum Gasteiger partial charge on any atom is 0.313 e. The van der Waals surface area contributed by atoms with Gasteiger partial charge in [0.1, 0.15) is 0 Å². The minimum atomic E-state index is -0.721. The molecular weight excluding hydrogens is 472 g/mol. The molecule has 158 valence electrons. The summed E-state index contributed by atoms with van der Waals surface area (Å²) in [5, 5.41) is 5.70. The first kappa shape index (κ1) is 22.3. The van der Waals surface area contributed by atoms with Crippen molar-refractivity contribution in [2.45, 2.75) is 0 Å². The molecule has 0 spiro atoms. The summed E-state index contributed by atoms with van der Waals surface area (Å²) >= 11 is 9.18. The Morgan fingerprint density at radius 1 is 0.967 bits per heavy atom. The SMILES string of the molecule is O=C(NCCN1CCN(C(=O)c2cccc(Br)c2)CC1)C(=O)Nc1ccc(Cl)cc1. The molecule has 0 aliphatic carbocycles. The van der Waals surface area contributed by atoms with Gasteiger partial charge in [0, 0.05) is 60.0 Å². The molecule has 1 aliphatic rings. The highest BCUT2D eigenvalue weighted by Gasteiger charge is 2.22. The van der Waals surface area contributed by atoms with E-state index in [9.17, 15) is 14.4 Å². The molecule has 2 aromatic rings. The van der Waals surface area contributed by atoms with Crippen molar-refractivity contribution in [3.63, 3.8) is 0 Å². The van der Waals surface area contributed by atoms with E-state index in [1.54, 1.807) is 24.3 Å². The van der Waals surface area contributed by atoms with Gasteiger partial charge in [0.15, 0.2) is 0 Å². The van der Waals surface area contributed by atoms with Crippen LogP contribution in [0.2, 0.25) is 5.02 Å². The predicted octanol–water partition coefficient (Wildman–Crippen LogP) is 2.62.